The standard InChI is InChI=1S/C22H22ClN3O4S/c1-14-2-4-16(5-3-14)20-25-21(31(28,29)18-8-6-17(23)7-9-18)22(30-20)26-12-10-15(11-13-26)19(24)27/h2-9,15H,10-13H2,1H3,(H2,24,27). The second kappa shape index (κ2) is 8.36. The number of halogens is 1. The molecule has 1 saturated heterocycles. The van der Waals surface area contributed by atoms with Crippen molar-refractivity contribution >= 4 is 33.2 Å². The Labute approximate surface area is 185 Å². The van der Waals surface area contributed by atoms with E-state index in [1.54, 1.807) is 0 Å². The van der Waals surface area contributed by atoms with Crippen LogP contribution >= 0.6 is 11.6 Å². The Bertz CT molecular complexity index is 1200. The Balaban J connectivity index is 1.78. The van der Waals surface area contributed by atoms with Crippen molar-refractivity contribution in [3.8, 4) is 11.5 Å². The molecular weight excluding hydrogens is 438 g/mol. The molecule has 0 unspecified atom stereocenters. The molecule has 4 rings (SSSR count). The van der Waals surface area contributed by atoms with Gasteiger partial charge in [-0.1, -0.05) is 29.3 Å². The maximum absolute atomic E-state index is 13.4. The minimum atomic E-state index is -3.96. The molecule has 0 spiro atoms. The van der Waals surface area contributed by atoms with Gasteiger partial charge in [-0.25, -0.2) is 8.42 Å². The summed E-state index contributed by atoms with van der Waals surface area (Å²) >= 11 is 5.92. The first-order valence-corrected chi connectivity index (χ1v) is 11.7. The van der Waals surface area contributed by atoms with Crippen LogP contribution in [-0.2, 0) is 14.6 Å². The Morgan fingerprint density at radius 2 is 1.71 bits per heavy atom. The highest BCUT2D eigenvalue weighted by Crippen LogP contribution is 2.36. The van der Waals surface area contributed by atoms with Gasteiger partial charge in [0.25, 0.3) is 0 Å². The van der Waals surface area contributed by atoms with Gasteiger partial charge in [0.2, 0.25) is 32.5 Å². The third kappa shape index (κ3) is 4.31. The van der Waals surface area contributed by atoms with Crippen LogP contribution in [0.1, 0.15) is 18.4 Å². The van der Waals surface area contributed by atoms with E-state index < -0.39 is 9.84 Å². The maximum atomic E-state index is 13.4. The highest BCUT2D eigenvalue weighted by molar-refractivity contribution is 7.91. The van der Waals surface area contributed by atoms with E-state index in [1.165, 1.54) is 24.3 Å². The van der Waals surface area contributed by atoms with Crippen LogP contribution in [0.2, 0.25) is 5.02 Å². The number of anilines is 1. The summed E-state index contributed by atoms with van der Waals surface area (Å²) in [7, 11) is -3.96. The number of rotatable bonds is 5. The quantitative estimate of drug-likeness (QED) is 0.621. The molecular formula is C22H22ClN3O4S. The molecule has 2 N–H and O–H groups in total. The van der Waals surface area contributed by atoms with Gasteiger partial charge in [0.15, 0.2) is 0 Å². The fraction of sp³-hybridized carbons (Fsp3) is 0.273. The molecule has 7 nitrogen and oxygen atoms in total. The predicted octanol–water partition coefficient (Wildman–Crippen LogP) is 3.84. The number of amides is 1. The van der Waals surface area contributed by atoms with Crippen LogP contribution < -0.4 is 10.6 Å². The molecule has 162 valence electrons. The molecule has 0 atom stereocenters. The number of piperidine rings is 1. The average molecular weight is 460 g/mol. The van der Waals surface area contributed by atoms with Crippen LogP contribution in [0.25, 0.3) is 11.5 Å². The highest BCUT2D eigenvalue weighted by atomic mass is 35.5. The minimum absolute atomic E-state index is 0.0777. The van der Waals surface area contributed by atoms with E-state index >= 15 is 0 Å². The molecule has 0 radical (unpaired) electrons. The first-order chi connectivity index (χ1) is 14.8. The number of benzene rings is 2. The second-order valence-electron chi connectivity index (χ2n) is 7.62. The van der Waals surface area contributed by atoms with Gasteiger partial charge in [-0.15, -0.1) is 0 Å². The van der Waals surface area contributed by atoms with Crippen molar-refractivity contribution in [2.75, 3.05) is 18.0 Å². The molecule has 2 heterocycles. The lowest BCUT2D eigenvalue weighted by molar-refractivity contribution is -0.122. The number of nitrogens with zero attached hydrogens (tertiary/aromatic N) is 2. The minimum Gasteiger partial charge on any atom is -0.419 e. The number of aromatic nitrogens is 1. The Morgan fingerprint density at radius 3 is 2.29 bits per heavy atom. The monoisotopic (exact) mass is 459 g/mol. The molecule has 0 aliphatic carbocycles. The van der Waals surface area contributed by atoms with Crippen molar-refractivity contribution in [1.29, 1.82) is 0 Å². The molecule has 3 aromatic rings. The Kier molecular flexibility index (Phi) is 5.77. The van der Waals surface area contributed by atoms with Crippen molar-refractivity contribution in [1.82, 2.24) is 4.98 Å². The second-order valence-corrected chi connectivity index (χ2v) is 9.92. The van der Waals surface area contributed by atoms with Crippen molar-refractivity contribution in [2.45, 2.75) is 29.7 Å². The number of nitrogens with two attached hydrogens (primary N) is 1. The van der Waals surface area contributed by atoms with E-state index in [0.29, 0.717) is 36.5 Å². The van der Waals surface area contributed by atoms with E-state index in [1.807, 2.05) is 36.1 Å². The van der Waals surface area contributed by atoms with Gasteiger partial charge in [-0.2, -0.15) is 4.98 Å². The number of carbonyl (C=O) groups is 1. The summed E-state index contributed by atoms with van der Waals surface area (Å²) in [6.07, 6.45) is 1.05. The molecule has 0 saturated carbocycles. The number of primary amides is 1. The fourth-order valence-corrected chi connectivity index (χ4v) is 5.03. The maximum Gasteiger partial charge on any atom is 0.236 e. The molecule has 1 fully saturated rings. The zero-order chi connectivity index (χ0) is 22.2. The van der Waals surface area contributed by atoms with Gasteiger partial charge in [0.1, 0.15) is 0 Å². The molecule has 9 heteroatoms. The first kappa shape index (κ1) is 21.4. The first-order valence-electron chi connectivity index (χ1n) is 9.88. The van der Waals surface area contributed by atoms with E-state index in [0.717, 1.165) is 5.56 Å². The van der Waals surface area contributed by atoms with Crippen LogP contribution in [0.4, 0.5) is 5.88 Å². The normalized spacial score (nSPS) is 15.2. The number of hydrogen-bond donors (Lipinski definition) is 1. The lowest BCUT2D eigenvalue weighted by Gasteiger charge is -2.30. The molecule has 1 aromatic heterocycles. The topological polar surface area (TPSA) is 107 Å². The van der Waals surface area contributed by atoms with Crippen molar-refractivity contribution < 1.29 is 17.6 Å². The van der Waals surface area contributed by atoms with E-state index in [-0.39, 0.29) is 33.5 Å². The fourth-order valence-electron chi connectivity index (χ4n) is 3.59. The van der Waals surface area contributed by atoms with Gasteiger partial charge >= 0.3 is 0 Å². The van der Waals surface area contributed by atoms with E-state index in [2.05, 4.69) is 4.98 Å². The Hall–Kier alpha value is -2.84. The third-order valence-corrected chi connectivity index (χ3v) is 7.36. The average Bonchev–Trinajstić information content (AvgIpc) is 3.21. The van der Waals surface area contributed by atoms with Gasteiger partial charge in [-0.05, 0) is 56.2 Å². The summed E-state index contributed by atoms with van der Waals surface area (Å²) in [6, 6.07) is 13.4. The molecule has 0 bridgehead atoms. The van der Waals surface area contributed by atoms with Crippen LogP contribution in [0.5, 0.6) is 0 Å². The zero-order valence-electron chi connectivity index (χ0n) is 16.9. The number of hydrogen-bond acceptors (Lipinski definition) is 6. The van der Waals surface area contributed by atoms with Gasteiger partial charge in [-0.3, -0.25) is 4.79 Å². The molecule has 1 amide bonds. The lowest BCUT2D eigenvalue weighted by Crippen LogP contribution is -2.38. The summed E-state index contributed by atoms with van der Waals surface area (Å²) in [5, 5.41) is 0.288. The molecule has 31 heavy (non-hydrogen) atoms. The van der Waals surface area contributed by atoms with Crippen molar-refractivity contribution in [3.05, 3.63) is 59.1 Å². The molecule has 2 aromatic carbocycles. The number of carbonyl (C=O) groups excluding carboxylic acids is 1. The smallest absolute Gasteiger partial charge is 0.236 e. The third-order valence-electron chi connectivity index (χ3n) is 5.44. The van der Waals surface area contributed by atoms with E-state index in [4.69, 9.17) is 21.8 Å². The summed E-state index contributed by atoms with van der Waals surface area (Å²) in [5.41, 5.74) is 7.18. The Morgan fingerprint density at radius 1 is 1.10 bits per heavy atom. The predicted molar refractivity (Wildman–Crippen MR) is 118 cm³/mol. The zero-order valence-corrected chi connectivity index (χ0v) is 18.5. The van der Waals surface area contributed by atoms with E-state index in [9.17, 15) is 13.2 Å². The van der Waals surface area contributed by atoms with Gasteiger partial charge in [0.05, 0.1) is 4.90 Å². The van der Waals surface area contributed by atoms with Crippen LogP contribution in [0.15, 0.2) is 62.9 Å². The number of sulfone groups is 1. The van der Waals surface area contributed by atoms with Crippen molar-refractivity contribution in [3.63, 3.8) is 0 Å². The van der Waals surface area contributed by atoms with Crippen LogP contribution in [-0.4, -0.2) is 32.4 Å². The molecule has 1 aliphatic heterocycles. The summed E-state index contributed by atoms with van der Waals surface area (Å²) < 4.78 is 32.8. The van der Waals surface area contributed by atoms with Gasteiger partial charge < -0.3 is 15.1 Å². The number of aryl methyl sites for hydroxylation is 1. The highest BCUT2D eigenvalue weighted by Gasteiger charge is 2.34. The van der Waals surface area contributed by atoms with Crippen LogP contribution in [0.3, 0.4) is 0 Å². The van der Waals surface area contributed by atoms with Crippen LogP contribution in [0, 0.1) is 12.8 Å². The number of oxazole rings is 1. The van der Waals surface area contributed by atoms with Gasteiger partial charge in [0, 0.05) is 29.6 Å². The summed E-state index contributed by atoms with van der Waals surface area (Å²) in [6.45, 7) is 2.85. The SMILES string of the molecule is Cc1ccc(-c2nc(S(=O)(=O)c3ccc(Cl)cc3)c(N3CCC(C(N)=O)CC3)o2)cc1. The van der Waals surface area contributed by atoms with Crippen molar-refractivity contribution in [2.24, 2.45) is 11.7 Å². The largest absolute Gasteiger partial charge is 0.419 e. The molecule has 1 aliphatic rings. The lowest BCUT2D eigenvalue weighted by atomic mass is 9.96. The summed E-state index contributed by atoms with van der Waals surface area (Å²) in [5.74, 6) is -0.174. The summed E-state index contributed by atoms with van der Waals surface area (Å²) in [4.78, 5) is 17.8.